The van der Waals surface area contributed by atoms with Crippen LogP contribution in [0.2, 0.25) is 0 Å². The second-order valence-corrected chi connectivity index (χ2v) is 5.44. The highest BCUT2D eigenvalue weighted by Crippen LogP contribution is 2.36. The molecule has 0 spiro atoms. The van der Waals surface area contributed by atoms with Gasteiger partial charge in [0.1, 0.15) is 7.85 Å². The average molecular weight is 233 g/mol. The van der Waals surface area contributed by atoms with Crippen LogP contribution in [-0.4, -0.2) is 54.8 Å². The molecule has 0 saturated carbocycles. The molecule has 0 aromatic carbocycles. The molecule has 0 amide bonds. The molecule has 2 atom stereocenters. The molecule has 0 aromatic rings. The molecule has 1 rings (SSSR count). The normalized spacial score (nSPS) is 30.6. The second kappa shape index (κ2) is 5.28. The Balaban J connectivity index is 2.59. The summed E-state index contributed by atoms with van der Waals surface area (Å²) in [5.41, 5.74) is 0. The minimum absolute atomic E-state index is 0.126. The van der Waals surface area contributed by atoms with Gasteiger partial charge in [-0.3, -0.25) is 4.57 Å². The summed E-state index contributed by atoms with van der Waals surface area (Å²) in [7, 11) is -0.123. The molecule has 1 aliphatic rings. The molecule has 0 aromatic heterocycles. The predicted molar refractivity (Wildman–Crippen MR) is 60.5 cm³/mol. The van der Waals surface area contributed by atoms with Crippen molar-refractivity contribution in [3.63, 3.8) is 0 Å². The van der Waals surface area contributed by atoms with Crippen LogP contribution < -0.4 is 0 Å². The van der Waals surface area contributed by atoms with Crippen LogP contribution in [0.5, 0.6) is 0 Å². The zero-order valence-electron chi connectivity index (χ0n) is 9.04. The number of hydrogen-bond donors (Lipinski definition) is 2. The molecule has 1 saturated heterocycles. The van der Waals surface area contributed by atoms with Gasteiger partial charge in [0.05, 0.1) is 6.10 Å². The van der Waals surface area contributed by atoms with Gasteiger partial charge in [0, 0.05) is 18.4 Å². The summed E-state index contributed by atoms with van der Waals surface area (Å²) in [5, 5.41) is 0. The van der Waals surface area contributed by atoms with E-state index in [9.17, 15) is 4.57 Å². The molecule has 7 heteroatoms. The number of hydrogen-bond acceptors (Lipinski definition) is 3. The van der Waals surface area contributed by atoms with Crippen molar-refractivity contribution < 1.29 is 19.1 Å². The first-order valence-corrected chi connectivity index (χ1v) is 6.63. The third kappa shape index (κ3) is 5.49. The quantitative estimate of drug-likeness (QED) is 0.490. The first-order valence-electron chi connectivity index (χ1n) is 4.95. The van der Waals surface area contributed by atoms with E-state index in [2.05, 4.69) is 4.90 Å². The fourth-order valence-electron chi connectivity index (χ4n) is 1.52. The summed E-state index contributed by atoms with van der Waals surface area (Å²) >= 11 is 0. The molecular formula is C8H17BNO4P. The van der Waals surface area contributed by atoms with Crippen molar-refractivity contribution in [2.24, 2.45) is 0 Å². The summed E-state index contributed by atoms with van der Waals surface area (Å²) in [6.45, 7) is 1.61. The van der Waals surface area contributed by atoms with Gasteiger partial charge in [-0.15, -0.1) is 0 Å². The average Bonchev–Trinajstić information content (AvgIpc) is 2.24. The topological polar surface area (TPSA) is 70.0 Å². The molecular weight excluding hydrogens is 216 g/mol. The van der Waals surface area contributed by atoms with Gasteiger partial charge in [0.25, 0.3) is 0 Å². The zero-order chi connectivity index (χ0) is 11.5. The van der Waals surface area contributed by atoms with Crippen molar-refractivity contribution in [2.75, 3.05) is 20.1 Å². The summed E-state index contributed by atoms with van der Waals surface area (Å²) in [4.78, 5) is 19.5. The van der Waals surface area contributed by atoms with E-state index in [1.54, 1.807) is 0 Å². The lowest BCUT2D eigenvalue weighted by molar-refractivity contribution is 0.0661. The summed E-state index contributed by atoms with van der Waals surface area (Å²) in [6.07, 6.45) is 2.16. The molecule has 1 heterocycles. The van der Waals surface area contributed by atoms with Crippen LogP contribution in [0.4, 0.5) is 0 Å². The van der Waals surface area contributed by atoms with Gasteiger partial charge in [-0.1, -0.05) is 0 Å². The van der Waals surface area contributed by atoms with E-state index >= 15 is 0 Å². The molecule has 1 aliphatic heterocycles. The second-order valence-electron chi connectivity index (χ2n) is 3.97. The molecule has 86 valence electrons. The predicted octanol–water partition coefficient (Wildman–Crippen LogP) is -0.642. The van der Waals surface area contributed by atoms with Gasteiger partial charge in [0.2, 0.25) is 0 Å². The Morgan fingerprint density at radius 1 is 1.60 bits per heavy atom. The van der Waals surface area contributed by atoms with Gasteiger partial charge in [-0.25, -0.2) is 0 Å². The van der Waals surface area contributed by atoms with Crippen molar-refractivity contribution in [1.29, 1.82) is 0 Å². The number of rotatable bonds is 2. The first-order chi connectivity index (χ1) is 6.87. The van der Waals surface area contributed by atoms with Gasteiger partial charge in [-0.05, 0) is 26.1 Å². The Hall–Kier alpha value is -0.125. The Labute approximate surface area is 90.7 Å². The van der Waals surface area contributed by atoms with Gasteiger partial charge >= 0.3 is 7.60 Å². The van der Waals surface area contributed by atoms with Crippen molar-refractivity contribution in [3.8, 4) is 0 Å². The van der Waals surface area contributed by atoms with Gasteiger partial charge in [0.15, 0.2) is 0 Å². The highest BCUT2D eigenvalue weighted by molar-refractivity contribution is 7.55. The van der Waals surface area contributed by atoms with Crippen LogP contribution >= 0.6 is 7.60 Å². The maximum Gasteiger partial charge on any atom is 0.348 e. The third-order valence-corrected chi connectivity index (χ3v) is 2.87. The van der Waals surface area contributed by atoms with E-state index in [1.165, 1.54) is 6.08 Å². The van der Waals surface area contributed by atoms with Crippen LogP contribution in [0.1, 0.15) is 6.42 Å². The van der Waals surface area contributed by atoms with Crippen LogP contribution in [0, 0.1) is 0 Å². The van der Waals surface area contributed by atoms with Crippen LogP contribution in [0.3, 0.4) is 0 Å². The van der Waals surface area contributed by atoms with Crippen molar-refractivity contribution in [3.05, 3.63) is 11.9 Å². The van der Waals surface area contributed by atoms with Crippen molar-refractivity contribution in [2.45, 2.75) is 18.5 Å². The van der Waals surface area contributed by atoms with E-state index < -0.39 is 7.60 Å². The minimum atomic E-state index is -4.07. The number of ether oxygens (including phenoxy) is 1. The molecule has 0 bridgehead atoms. The fraction of sp³-hybridized carbons (Fsp3) is 0.750. The molecule has 5 nitrogen and oxygen atoms in total. The maximum atomic E-state index is 10.7. The number of likely N-dealkylation sites (N-methyl/N-ethyl adjacent to an activating group) is 1. The van der Waals surface area contributed by atoms with Gasteiger partial charge in [-0.2, -0.15) is 0 Å². The zero-order valence-corrected chi connectivity index (χ0v) is 9.93. The smallest absolute Gasteiger partial charge is 0.348 e. The standard InChI is InChI=1S/C8H17BNO4P/c1-10-4-2-8(9)14-7(6-10)3-5-15(11,12)13/h3,5,7-8H,2,4,6,9H2,1H3,(H2,11,12,13)/b5-3+. The fourth-order valence-corrected chi connectivity index (χ4v) is 1.94. The van der Waals surface area contributed by atoms with E-state index in [-0.39, 0.29) is 12.1 Å². The minimum Gasteiger partial charge on any atom is -0.379 e. The Morgan fingerprint density at radius 3 is 2.87 bits per heavy atom. The van der Waals surface area contributed by atoms with E-state index in [0.717, 1.165) is 18.8 Å². The van der Waals surface area contributed by atoms with E-state index in [0.29, 0.717) is 6.54 Å². The van der Waals surface area contributed by atoms with Crippen molar-refractivity contribution >= 4 is 15.4 Å². The maximum absolute atomic E-state index is 10.7. The van der Waals surface area contributed by atoms with Crippen molar-refractivity contribution in [1.82, 2.24) is 4.90 Å². The Morgan fingerprint density at radius 2 is 2.27 bits per heavy atom. The van der Waals surface area contributed by atoms with Crippen LogP contribution in [0.25, 0.3) is 0 Å². The highest BCUT2D eigenvalue weighted by atomic mass is 31.2. The van der Waals surface area contributed by atoms with Crippen LogP contribution in [0.15, 0.2) is 11.9 Å². The molecule has 15 heavy (non-hydrogen) atoms. The molecule has 2 N–H and O–H groups in total. The summed E-state index contributed by atoms with van der Waals surface area (Å²) in [5.74, 6) is 0.920. The molecule has 2 unspecified atom stereocenters. The lowest BCUT2D eigenvalue weighted by Crippen LogP contribution is -2.27. The summed E-state index contributed by atoms with van der Waals surface area (Å²) in [6, 6.07) is 0.126. The monoisotopic (exact) mass is 233 g/mol. The third-order valence-electron chi connectivity index (χ3n) is 2.31. The Bertz CT molecular complexity index is 268. The number of nitrogens with zero attached hydrogens (tertiary/aromatic N) is 1. The Kier molecular flexibility index (Phi) is 4.55. The SMILES string of the molecule is BC1CCN(C)CC(/C=C/P(=O)(O)O)O1. The van der Waals surface area contributed by atoms with Gasteiger partial charge < -0.3 is 19.4 Å². The molecule has 0 radical (unpaired) electrons. The molecule has 0 aliphatic carbocycles. The largest absolute Gasteiger partial charge is 0.379 e. The summed E-state index contributed by atoms with van der Waals surface area (Å²) < 4.78 is 16.3. The lowest BCUT2D eigenvalue weighted by atomic mass is 9.97. The van der Waals surface area contributed by atoms with Crippen LogP contribution in [-0.2, 0) is 9.30 Å². The van der Waals surface area contributed by atoms with E-state index in [1.807, 2.05) is 14.9 Å². The lowest BCUT2D eigenvalue weighted by Gasteiger charge is -2.17. The highest BCUT2D eigenvalue weighted by Gasteiger charge is 2.19. The van der Waals surface area contributed by atoms with E-state index in [4.69, 9.17) is 14.5 Å². The first kappa shape index (κ1) is 12.9. The molecule has 1 fully saturated rings.